The number of halogens is 1. The first kappa shape index (κ1) is 21.2. The molecule has 6 nitrogen and oxygen atoms in total. The number of pyridine rings is 1. The summed E-state index contributed by atoms with van der Waals surface area (Å²) < 4.78 is 19.2. The molecule has 0 unspecified atom stereocenters. The summed E-state index contributed by atoms with van der Waals surface area (Å²) in [4.78, 5) is 16.3. The van der Waals surface area contributed by atoms with E-state index < -0.39 is 0 Å². The van der Waals surface area contributed by atoms with Crippen LogP contribution in [0.4, 0.5) is 10.1 Å². The van der Waals surface area contributed by atoms with E-state index in [2.05, 4.69) is 31.8 Å². The minimum atomic E-state index is -0.265. The van der Waals surface area contributed by atoms with Crippen LogP contribution >= 0.6 is 0 Å². The summed E-state index contributed by atoms with van der Waals surface area (Å²) in [5.41, 5.74) is 3.59. The maximum atomic E-state index is 13.4. The van der Waals surface area contributed by atoms with Gasteiger partial charge in [0.2, 0.25) is 5.88 Å². The quantitative estimate of drug-likeness (QED) is 0.368. The van der Waals surface area contributed by atoms with Crippen molar-refractivity contribution in [2.75, 3.05) is 5.32 Å². The second-order valence-electron chi connectivity index (χ2n) is 7.62. The van der Waals surface area contributed by atoms with Gasteiger partial charge in [0.1, 0.15) is 17.0 Å². The minimum absolute atomic E-state index is 0.0670. The Bertz CT molecular complexity index is 1390. The van der Waals surface area contributed by atoms with Crippen LogP contribution in [-0.2, 0) is 4.74 Å². The molecule has 2 N–H and O–H groups in total. The topological polar surface area (TPSA) is 75.2 Å². The highest BCUT2D eigenvalue weighted by molar-refractivity contribution is 6.00. The lowest BCUT2D eigenvalue weighted by Crippen LogP contribution is -2.27. The Morgan fingerprint density at radius 3 is 2.59 bits per heavy atom. The van der Waals surface area contributed by atoms with Gasteiger partial charge in [-0.1, -0.05) is 18.7 Å². The lowest BCUT2D eigenvalue weighted by molar-refractivity contribution is 0.195. The molecule has 0 spiro atoms. The summed E-state index contributed by atoms with van der Waals surface area (Å²) >= 11 is 0. The largest absolute Gasteiger partial charge is 0.473 e. The summed E-state index contributed by atoms with van der Waals surface area (Å²) in [6.07, 6.45) is 3.25. The Morgan fingerprint density at radius 2 is 1.91 bits per heavy atom. The zero-order chi connectivity index (χ0) is 22.7. The van der Waals surface area contributed by atoms with Crippen LogP contribution in [0.25, 0.3) is 34.5 Å². The highest BCUT2D eigenvalue weighted by atomic mass is 19.1. The van der Waals surface area contributed by atoms with E-state index in [1.165, 1.54) is 12.1 Å². The number of fused-ring (bicyclic) bond motifs is 1. The van der Waals surface area contributed by atoms with Crippen molar-refractivity contribution < 1.29 is 9.13 Å². The van der Waals surface area contributed by atoms with Gasteiger partial charge < -0.3 is 15.0 Å². The van der Waals surface area contributed by atoms with Crippen LogP contribution in [0.3, 0.4) is 0 Å². The van der Waals surface area contributed by atoms with E-state index in [1.807, 2.05) is 45.0 Å². The molecular formula is C25H24FN5O. The molecule has 0 fully saturated rings. The molecule has 0 amide bonds. The maximum absolute atomic E-state index is 13.4. The number of aromatic nitrogens is 3. The molecule has 2 aromatic carbocycles. The number of benzene rings is 2. The third-order valence-corrected chi connectivity index (χ3v) is 4.76. The van der Waals surface area contributed by atoms with Crippen molar-refractivity contribution in [1.82, 2.24) is 15.0 Å². The lowest BCUT2D eigenvalue weighted by Gasteiger charge is -2.12. The first-order valence-corrected chi connectivity index (χ1v) is 10.3. The molecule has 2 heterocycles. The van der Waals surface area contributed by atoms with Crippen molar-refractivity contribution in [3.8, 4) is 11.1 Å². The van der Waals surface area contributed by atoms with Crippen LogP contribution in [0.2, 0.25) is 0 Å². The van der Waals surface area contributed by atoms with Gasteiger partial charge in [-0.2, -0.15) is 4.99 Å². The molecule has 0 atom stereocenters. The van der Waals surface area contributed by atoms with E-state index in [0.717, 1.165) is 27.7 Å². The van der Waals surface area contributed by atoms with E-state index in [1.54, 1.807) is 24.7 Å². The van der Waals surface area contributed by atoms with Gasteiger partial charge in [0.05, 0.1) is 23.3 Å². The van der Waals surface area contributed by atoms with Crippen LogP contribution in [0.1, 0.15) is 20.8 Å². The number of nitrogens with one attached hydrogen (secondary N) is 2. The van der Waals surface area contributed by atoms with Crippen LogP contribution < -0.4 is 16.0 Å². The Kier molecular flexibility index (Phi) is 5.98. The number of nitrogens with zero attached hydrogens (tertiary/aromatic N) is 3. The van der Waals surface area contributed by atoms with Crippen molar-refractivity contribution in [2.24, 2.45) is 4.99 Å². The summed E-state index contributed by atoms with van der Waals surface area (Å²) in [7, 11) is 0. The number of rotatable bonds is 5. The van der Waals surface area contributed by atoms with Gasteiger partial charge in [-0.05, 0) is 68.3 Å². The normalized spacial score (nSPS) is 12.8. The number of imidazole rings is 1. The molecule has 0 saturated heterocycles. The van der Waals surface area contributed by atoms with E-state index in [-0.39, 0.29) is 11.9 Å². The molecule has 162 valence electrons. The van der Waals surface area contributed by atoms with Crippen molar-refractivity contribution in [2.45, 2.75) is 26.9 Å². The number of ether oxygens (including phenoxy) is 1. The number of aliphatic imine (C=N–C) groups is 1. The first-order valence-electron chi connectivity index (χ1n) is 10.3. The Labute approximate surface area is 185 Å². The van der Waals surface area contributed by atoms with E-state index >= 15 is 0 Å². The molecule has 7 heteroatoms. The van der Waals surface area contributed by atoms with Gasteiger partial charge in [-0.15, -0.1) is 0 Å². The van der Waals surface area contributed by atoms with Crippen molar-refractivity contribution in [1.29, 1.82) is 0 Å². The fourth-order valence-electron chi connectivity index (χ4n) is 3.36. The maximum Gasteiger partial charge on any atom is 0.244 e. The SMILES string of the molecule is C=c1[nH]cn/c1=C(/N=C(\C)Nc1ccc2nccc(-c3ccc(F)cc3)c2c1)OC(C)C. The highest BCUT2D eigenvalue weighted by Gasteiger charge is 2.09. The van der Waals surface area contributed by atoms with Crippen LogP contribution in [0.5, 0.6) is 0 Å². The highest BCUT2D eigenvalue weighted by Crippen LogP contribution is 2.29. The van der Waals surface area contributed by atoms with Crippen LogP contribution in [0.15, 0.2) is 66.0 Å². The van der Waals surface area contributed by atoms with E-state index in [9.17, 15) is 4.39 Å². The lowest BCUT2D eigenvalue weighted by atomic mass is 10.0. The van der Waals surface area contributed by atoms with Crippen LogP contribution in [-0.4, -0.2) is 26.9 Å². The Morgan fingerprint density at radius 1 is 1.12 bits per heavy atom. The first-order chi connectivity index (χ1) is 15.4. The van der Waals surface area contributed by atoms with Gasteiger partial charge in [0.25, 0.3) is 0 Å². The molecule has 4 rings (SSSR count). The average Bonchev–Trinajstić information content (AvgIpc) is 3.19. The standard InChI is InChI=1S/C25H24FN5O/c1-15(2)32-25(24-16(3)28-14-29-24)31-17(4)30-20-9-10-23-22(13-20)21(11-12-27-23)18-5-7-19(26)8-6-18/h5-15H,3H2,1-2,4H3,(H,28,29)(H,30,31)/b25-24-. The van der Waals surface area contributed by atoms with Gasteiger partial charge in [-0.25, -0.2) is 9.37 Å². The molecule has 0 aliphatic carbocycles. The molecule has 32 heavy (non-hydrogen) atoms. The zero-order valence-corrected chi connectivity index (χ0v) is 18.2. The molecule has 0 aliphatic rings. The van der Waals surface area contributed by atoms with Crippen molar-refractivity contribution >= 4 is 34.9 Å². The van der Waals surface area contributed by atoms with Gasteiger partial charge in [0, 0.05) is 17.3 Å². The number of aromatic amines is 1. The Hall–Kier alpha value is -4.00. The summed E-state index contributed by atoms with van der Waals surface area (Å²) in [6.45, 7) is 9.66. The van der Waals surface area contributed by atoms with Gasteiger partial charge >= 0.3 is 0 Å². The third kappa shape index (κ3) is 4.67. The molecule has 0 aliphatic heterocycles. The number of H-pyrrole nitrogens is 1. The van der Waals surface area contributed by atoms with E-state index in [0.29, 0.717) is 22.4 Å². The molecule has 0 bridgehead atoms. The van der Waals surface area contributed by atoms with Crippen molar-refractivity contribution in [3.63, 3.8) is 0 Å². The number of anilines is 1. The summed E-state index contributed by atoms with van der Waals surface area (Å²) in [5, 5.41) is 5.47. The van der Waals surface area contributed by atoms with Crippen LogP contribution in [0, 0.1) is 5.82 Å². The number of amidine groups is 1. The average molecular weight is 429 g/mol. The minimum Gasteiger partial charge on any atom is -0.473 e. The predicted octanol–water partition coefficient (Wildman–Crippen LogP) is 4.20. The monoisotopic (exact) mass is 429 g/mol. The Balaban J connectivity index is 1.71. The summed E-state index contributed by atoms with van der Waals surface area (Å²) in [6, 6.07) is 14.3. The molecule has 4 aromatic rings. The van der Waals surface area contributed by atoms with Crippen molar-refractivity contribution in [3.05, 3.63) is 77.6 Å². The fourth-order valence-corrected chi connectivity index (χ4v) is 3.36. The molecule has 2 aromatic heterocycles. The fraction of sp³-hybridized carbons (Fsp3) is 0.160. The summed E-state index contributed by atoms with van der Waals surface area (Å²) in [5.74, 6) is 0.764. The molecule has 0 saturated carbocycles. The smallest absolute Gasteiger partial charge is 0.244 e. The molecular weight excluding hydrogens is 405 g/mol. The second-order valence-corrected chi connectivity index (χ2v) is 7.62. The predicted molar refractivity (Wildman–Crippen MR) is 127 cm³/mol. The second kappa shape index (κ2) is 9.01. The van der Waals surface area contributed by atoms with E-state index in [4.69, 9.17) is 4.74 Å². The van der Waals surface area contributed by atoms with Gasteiger partial charge in [0.15, 0.2) is 0 Å². The zero-order valence-electron chi connectivity index (χ0n) is 18.2. The number of hydrogen-bond acceptors (Lipinski definition) is 4. The third-order valence-electron chi connectivity index (χ3n) is 4.76. The molecule has 0 radical (unpaired) electrons. The van der Waals surface area contributed by atoms with Gasteiger partial charge in [-0.3, -0.25) is 4.98 Å². The number of hydrogen-bond donors (Lipinski definition) is 2.